The Morgan fingerprint density at radius 1 is 1.14 bits per heavy atom. The average Bonchev–Trinajstić information content (AvgIpc) is 2.68. The molecule has 0 heterocycles. The van der Waals surface area contributed by atoms with Gasteiger partial charge in [0.15, 0.2) is 0 Å². The first-order valence-corrected chi connectivity index (χ1v) is 9.86. The van der Waals surface area contributed by atoms with Gasteiger partial charge in [-0.05, 0) is 37.3 Å². The van der Waals surface area contributed by atoms with Crippen molar-refractivity contribution in [2.24, 2.45) is 0 Å². The molecule has 0 bridgehead atoms. The van der Waals surface area contributed by atoms with E-state index in [2.05, 4.69) is 5.32 Å². The van der Waals surface area contributed by atoms with E-state index in [-0.39, 0.29) is 41.5 Å². The molecule has 2 aromatic rings. The van der Waals surface area contributed by atoms with Gasteiger partial charge in [-0.2, -0.15) is 8.42 Å². The lowest BCUT2D eigenvalue weighted by atomic mass is 10.2. The van der Waals surface area contributed by atoms with Gasteiger partial charge < -0.3 is 14.2 Å². The Labute approximate surface area is 166 Å². The number of carbonyl (C=O) groups is 2. The molecule has 2 aromatic carbocycles. The summed E-state index contributed by atoms with van der Waals surface area (Å²) in [6, 6.07) is 9.70. The first-order chi connectivity index (χ1) is 13.7. The third-order valence-corrected chi connectivity index (χ3v) is 4.80. The van der Waals surface area contributed by atoms with Crippen LogP contribution in [0.5, 0.6) is 5.75 Å². The Morgan fingerprint density at radius 3 is 2.45 bits per heavy atom. The number of nitrogens with one attached hydrogen (secondary N) is 1. The monoisotopic (exact) mass is 422 g/mol. The highest BCUT2D eigenvalue weighted by atomic mass is 32.2. The van der Waals surface area contributed by atoms with Crippen LogP contribution >= 0.6 is 0 Å². The molecule has 0 aliphatic heterocycles. The van der Waals surface area contributed by atoms with E-state index in [0.717, 1.165) is 12.1 Å². The highest BCUT2D eigenvalue weighted by molar-refractivity contribution is 7.87. The lowest BCUT2D eigenvalue weighted by Crippen LogP contribution is -2.26. The Balaban J connectivity index is 2.01. The van der Waals surface area contributed by atoms with E-state index in [9.17, 15) is 28.1 Å². The van der Waals surface area contributed by atoms with Crippen molar-refractivity contribution in [1.29, 1.82) is 0 Å². The number of nitrogens with zero attached hydrogens (tertiary/aromatic N) is 1. The topological polar surface area (TPSA) is 142 Å². The molecular weight excluding hydrogens is 404 g/mol. The molecule has 0 saturated carbocycles. The summed E-state index contributed by atoms with van der Waals surface area (Å²) in [7, 11) is -4.29. The summed E-state index contributed by atoms with van der Waals surface area (Å²) in [4.78, 5) is 33.0. The standard InChI is InChI=1S/C18H18N2O8S/c1-2-27-17(21)10-11-19-18(22)13-6-8-15(9-7-13)28-29(25,26)16-5-3-4-14(12-16)20(23)24/h3-9,12H,2,10-11H2,1H3,(H,19,22). The fourth-order valence-corrected chi connectivity index (χ4v) is 3.17. The van der Waals surface area contributed by atoms with Crippen molar-refractivity contribution in [2.45, 2.75) is 18.2 Å². The number of nitro groups is 1. The lowest BCUT2D eigenvalue weighted by Gasteiger charge is -2.08. The van der Waals surface area contributed by atoms with Gasteiger partial charge in [0.2, 0.25) is 0 Å². The van der Waals surface area contributed by atoms with Crippen LogP contribution in [0.15, 0.2) is 53.4 Å². The van der Waals surface area contributed by atoms with Gasteiger partial charge in [-0.1, -0.05) is 6.07 Å². The summed E-state index contributed by atoms with van der Waals surface area (Å²) in [6.07, 6.45) is 0.0300. The van der Waals surface area contributed by atoms with E-state index in [4.69, 9.17) is 8.92 Å². The van der Waals surface area contributed by atoms with Crippen molar-refractivity contribution in [3.05, 3.63) is 64.2 Å². The van der Waals surface area contributed by atoms with Crippen LogP contribution in [0, 0.1) is 10.1 Å². The van der Waals surface area contributed by atoms with Gasteiger partial charge in [0, 0.05) is 24.2 Å². The van der Waals surface area contributed by atoms with Crippen LogP contribution in [0.2, 0.25) is 0 Å². The fourth-order valence-electron chi connectivity index (χ4n) is 2.20. The Hall–Kier alpha value is -3.47. The first-order valence-electron chi connectivity index (χ1n) is 8.45. The molecule has 0 aromatic heterocycles. The van der Waals surface area contributed by atoms with E-state index in [1.54, 1.807) is 6.92 Å². The number of rotatable bonds is 9. The van der Waals surface area contributed by atoms with Crippen LogP contribution in [-0.4, -0.2) is 38.4 Å². The molecule has 0 aliphatic carbocycles. The van der Waals surface area contributed by atoms with Crippen LogP contribution < -0.4 is 9.50 Å². The van der Waals surface area contributed by atoms with E-state index in [1.165, 1.54) is 36.4 Å². The van der Waals surface area contributed by atoms with Gasteiger partial charge in [0.1, 0.15) is 10.6 Å². The molecule has 11 heteroatoms. The first kappa shape index (κ1) is 21.8. The second-order valence-corrected chi connectivity index (χ2v) is 7.17. The van der Waals surface area contributed by atoms with E-state index >= 15 is 0 Å². The number of amides is 1. The number of esters is 1. The van der Waals surface area contributed by atoms with Gasteiger partial charge in [-0.25, -0.2) is 0 Å². The van der Waals surface area contributed by atoms with Gasteiger partial charge in [-0.15, -0.1) is 0 Å². The molecule has 29 heavy (non-hydrogen) atoms. The second-order valence-electron chi connectivity index (χ2n) is 5.63. The molecule has 1 amide bonds. The number of hydrogen-bond acceptors (Lipinski definition) is 8. The average molecular weight is 422 g/mol. The number of nitro benzene ring substituents is 1. The molecule has 154 valence electrons. The lowest BCUT2D eigenvalue weighted by molar-refractivity contribution is -0.385. The van der Waals surface area contributed by atoms with Crippen LogP contribution in [0.4, 0.5) is 5.69 Å². The predicted octanol–water partition coefficient (Wildman–Crippen LogP) is 2.05. The van der Waals surface area contributed by atoms with Gasteiger partial charge in [-0.3, -0.25) is 19.7 Å². The predicted molar refractivity (Wildman–Crippen MR) is 101 cm³/mol. The molecule has 10 nitrogen and oxygen atoms in total. The van der Waals surface area contributed by atoms with Gasteiger partial charge in [0.25, 0.3) is 11.6 Å². The quantitative estimate of drug-likeness (QED) is 0.280. The molecular formula is C18H18N2O8S. The third-order valence-electron chi connectivity index (χ3n) is 3.56. The molecule has 0 spiro atoms. The molecule has 2 rings (SSSR count). The van der Waals surface area contributed by atoms with Gasteiger partial charge >= 0.3 is 16.1 Å². The van der Waals surface area contributed by atoms with Crippen LogP contribution in [-0.2, 0) is 19.6 Å². The summed E-state index contributed by atoms with van der Waals surface area (Å²) in [6.45, 7) is 2.03. The van der Waals surface area contributed by atoms with Crippen LogP contribution in [0.3, 0.4) is 0 Å². The zero-order valence-electron chi connectivity index (χ0n) is 15.4. The summed E-state index contributed by atoms with van der Waals surface area (Å²) in [5, 5.41) is 13.3. The van der Waals surface area contributed by atoms with E-state index in [1.807, 2.05) is 0 Å². The van der Waals surface area contributed by atoms with Crippen molar-refractivity contribution in [1.82, 2.24) is 5.32 Å². The molecule has 0 saturated heterocycles. The molecule has 1 N–H and O–H groups in total. The molecule has 0 fully saturated rings. The number of non-ortho nitro benzene ring substituents is 1. The molecule has 0 atom stereocenters. The molecule has 0 radical (unpaired) electrons. The summed E-state index contributed by atoms with van der Waals surface area (Å²) < 4.78 is 34.3. The minimum Gasteiger partial charge on any atom is -0.466 e. The van der Waals surface area contributed by atoms with Crippen LogP contribution in [0.1, 0.15) is 23.7 Å². The number of ether oxygens (including phenoxy) is 1. The van der Waals surface area contributed by atoms with Crippen LogP contribution in [0.25, 0.3) is 0 Å². The maximum atomic E-state index is 12.3. The number of hydrogen-bond donors (Lipinski definition) is 1. The Bertz CT molecular complexity index is 1000. The van der Waals surface area contributed by atoms with Crippen molar-refractivity contribution in [3.63, 3.8) is 0 Å². The minimum atomic E-state index is -4.29. The Morgan fingerprint density at radius 2 is 1.83 bits per heavy atom. The summed E-state index contributed by atoms with van der Waals surface area (Å²) in [5.41, 5.74) is -0.154. The second kappa shape index (κ2) is 9.64. The van der Waals surface area contributed by atoms with Gasteiger partial charge in [0.05, 0.1) is 18.0 Å². The third kappa shape index (κ3) is 6.28. The smallest absolute Gasteiger partial charge is 0.339 e. The van der Waals surface area contributed by atoms with Crippen molar-refractivity contribution in [3.8, 4) is 5.75 Å². The van der Waals surface area contributed by atoms with Crippen molar-refractivity contribution in [2.75, 3.05) is 13.2 Å². The maximum Gasteiger partial charge on any atom is 0.339 e. The number of benzene rings is 2. The summed E-state index contributed by atoms with van der Waals surface area (Å²) >= 11 is 0. The minimum absolute atomic E-state index is 0.0300. The summed E-state index contributed by atoms with van der Waals surface area (Å²) in [5.74, 6) is -0.954. The van der Waals surface area contributed by atoms with Crippen molar-refractivity contribution >= 4 is 27.7 Å². The van der Waals surface area contributed by atoms with E-state index in [0.29, 0.717) is 0 Å². The largest absolute Gasteiger partial charge is 0.466 e. The Kier molecular flexibility index (Phi) is 7.26. The van der Waals surface area contributed by atoms with Crippen molar-refractivity contribution < 1.29 is 31.9 Å². The molecule has 0 aliphatic rings. The zero-order chi connectivity index (χ0) is 21.4. The fraction of sp³-hybridized carbons (Fsp3) is 0.222. The van der Waals surface area contributed by atoms with E-state index < -0.39 is 26.9 Å². The maximum absolute atomic E-state index is 12.3. The molecule has 0 unspecified atom stereocenters. The zero-order valence-corrected chi connectivity index (χ0v) is 16.2. The SMILES string of the molecule is CCOC(=O)CCNC(=O)c1ccc(OS(=O)(=O)c2cccc([N+](=O)[O-])c2)cc1. The normalized spacial score (nSPS) is 10.8. The highest BCUT2D eigenvalue weighted by Gasteiger charge is 2.20. The highest BCUT2D eigenvalue weighted by Crippen LogP contribution is 2.22. The number of carbonyl (C=O) groups excluding carboxylic acids is 2.